The quantitative estimate of drug-likeness (QED) is 0.228. The number of aliphatic hydroxyl groups excluding tert-OH is 1. The minimum Gasteiger partial charge on any atom is -0.465 e. The van der Waals surface area contributed by atoms with Gasteiger partial charge in [0.1, 0.15) is 11.6 Å². The average molecular weight is 525 g/mol. The summed E-state index contributed by atoms with van der Waals surface area (Å²) in [5.74, 6) is -2.68. The van der Waals surface area contributed by atoms with Crippen molar-refractivity contribution >= 4 is 17.8 Å². The highest BCUT2D eigenvalue weighted by Crippen LogP contribution is 2.60. The van der Waals surface area contributed by atoms with Gasteiger partial charge in [0.25, 0.3) is 0 Å². The summed E-state index contributed by atoms with van der Waals surface area (Å²) in [7, 11) is 0. The second-order valence-corrected chi connectivity index (χ2v) is 10.4. The Balaban J connectivity index is 1.75. The standard InChI is InChI=1S/C30H40N2O6/c1-4-7-12-18-31(17-6-3)28(35)26-30-16-15-23(38-30)24(29(36)37-19-8-5-2)25(30)27(34)32(26)22(20-33)21-13-10-9-11-14-21/h5-6,9-11,13-14,22-26,33H,2-4,7-8,12,15-20H2,1H3/t22-,23-,24+,25+,26?,30?/m1/s1. The van der Waals surface area contributed by atoms with Crippen molar-refractivity contribution in [1.82, 2.24) is 9.80 Å². The van der Waals surface area contributed by atoms with Crippen LogP contribution in [0.1, 0.15) is 57.1 Å². The van der Waals surface area contributed by atoms with E-state index in [1.54, 1.807) is 17.1 Å². The Morgan fingerprint density at radius 1 is 1.26 bits per heavy atom. The zero-order chi connectivity index (χ0) is 27.3. The summed E-state index contributed by atoms with van der Waals surface area (Å²) in [4.78, 5) is 45.1. The summed E-state index contributed by atoms with van der Waals surface area (Å²) in [5, 5.41) is 10.5. The molecule has 3 aliphatic rings. The Kier molecular flexibility index (Phi) is 9.05. The van der Waals surface area contributed by atoms with Gasteiger partial charge in [-0.2, -0.15) is 0 Å². The van der Waals surface area contributed by atoms with Crippen molar-refractivity contribution in [2.45, 2.75) is 69.2 Å². The van der Waals surface area contributed by atoms with E-state index in [1.807, 2.05) is 30.3 Å². The first-order valence-electron chi connectivity index (χ1n) is 13.8. The highest BCUT2D eigenvalue weighted by atomic mass is 16.6. The van der Waals surface area contributed by atoms with Crippen LogP contribution in [0.3, 0.4) is 0 Å². The molecule has 6 atom stereocenters. The van der Waals surface area contributed by atoms with Crippen molar-refractivity contribution in [3.8, 4) is 0 Å². The summed E-state index contributed by atoms with van der Waals surface area (Å²) < 4.78 is 12.0. The van der Waals surface area contributed by atoms with Crippen LogP contribution in [0.2, 0.25) is 0 Å². The molecule has 0 aliphatic carbocycles. The third-order valence-corrected chi connectivity index (χ3v) is 8.20. The van der Waals surface area contributed by atoms with E-state index < -0.39 is 41.6 Å². The van der Waals surface area contributed by atoms with Crippen LogP contribution in [0.15, 0.2) is 55.6 Å². The van der Waals surface area contributed by atoms with Gasteiger partial charge in [0, 0.05) is 13.1 Å². The molecule has 3 aliphatic heterocycles. The number of rotatable bonds is 14. The molecule has 3 fully saturated rings. The van der Waals surface area contributed by atoms with E-state index >= 15 is 0 Å². The number of carbonyl (C=O) groups excluding carboxylic acids is 3. The number of amides is 2. The molecule has 1 aromatic carbocycles. The molecule has 3 heterocycles. The van der Waals surface area contributed by atoms with Gasteiger partial charge in [-0.25, -0.2) is 0 Å². The lowest BCUT2D eigenvalue weighted by Gasteiger charge is -2.39. The number of ether oxygens (including phenoxy) is 2. The maximum absolute atomic E-state index is 14.3. The maximum Gasteiger partial charge on any atom is 0.312 e. The van der Waals surface area contributed by atoms with Gasteiger partial charge in [0.05, 0.1) is 37.2 Å². The predicted octanol–water partition coefficient (Wildman–Crippen LogP) is 3.42. The fourth-order valence-corrected chi connectivity index (χ4v) is 6.52. The molecule has 4 rings (SSSR count). The first kappa shape index (κ1) is 28.0. The normalized spacial score (nSPS) is 28.2. The highest BCUT2D eigenvalue weighted by Gasteiger charge is 2.75. The maximum atomic E-state index is 14.3. The van der Waals surface area contributed by atoms with Gasteiger partial charge in [-0.15, -0.1) is 13.2 Å². The second kappa shape index (κ2) is 12.3. The second-order valence-electron chi connectivity index (χ2n) is 10.4. The number of likely N-dealkylation sites (tertiary alicyclic amines) is 1. The number of carbonyl (C=O) groups is 3. The van der Waals surface area contributed by atoms with E-state index in [0.717, 1.165) is 24.8 Å². The first-order valence-corrected chi connectivity index (χ1v) is 13.8. The fraction of sp³-hybridized carbons (Fsp3) is 0.567. The Labute approximate surface area is 225 Å². The SMILES string of the molecule is C=CCCOC(=O)[C@@H]1[C@H]2C(=O)N([C@H](CO)c3ccccc3)C(C(=O)N(CC=C)CCCCC)C23CC[C@H]1O3. The smallest absolute Gasteiger partial charge is 0.312 e. The first-order chi connectivity index (χ1) is 18.4. The number of aliphatic hydroxyl groups is 1. The van der Waals surface area contributed by atoms with Crippen LogP contribution in [-0.4, -0.2) is 76.7 Å². The summed E-state index contributed by atoms with van der Waals surface area (Å²) in [5.41, 5.74) is -0.425. The Hall–Kier alpha value is -2.97. The number of unbranched alkanes of at least 4 members (excludes halogenated alkanes) is 2. The van der Waals surface area contributed by atoms with E-state index in [4.69, 9.17) is 9.47 Å². The van der Waals surface area contributed by atoms with E-state index in [2.05, 4.69) is 20.1 Å². The average Bonchev–Trinajstić information content (AvgIpc) is 3.57. The fourth-order valence-electron chi connectivity index (χ4n) is 6.52. The van der Waals surface area contributed by atoms with Crippen LogP contribution in [-0.2, 0) is 23.9 Å². The van der Waals surface area contributed by atoms with Gasteiger partial charge in [0.15, 0.2) is 0 Å². The predicted molar refractivity (Wildman–Crippen MR) is 143 cm³/mol. The zero-order valence-corrected chi connectivity index (χ0v) is 22.3. The molecule has 8 heteroatoms. The van der Waals surface area contributed by atoms with Crippen LogP contribution in [0.4, 0.5) is 0 Å². The van der Waals surface area contributed by atoms with E-state index in [-0.39, 0.29) is 25.0 Å². The number of benzene rings is 1. The van der Waals surface area contributed by atoms with Gasteiger partial charge in [-0.1, -0.05) is 62.2 Å². The molecule has 3 saturated heterocycles. The molecule has 8 nitrogen and oxygen atoms in total. The van der Waals surface area contributed by atoms with Crippen LogP contribution in [0.5, 0.6) is 0 Å². The molecular weight excluding hydrogens is 484 g/mol. The molecule has 1 N–H and O–H groups in total. The van der Waals surface area contributed by atoms with Crippen molar-refractivity contribution in [1.29, 1.82) is 0 Å². The lowest BCUT2D eigenvalue weighted by atomic mass is 9.70. The molecule has 2 bridgehead atoms. The third kappa shape index (κ3) is 4.92. The van der Waals surface area contributed by atoms with Gasteiger partial charge in [-0.3, -0.25) is 14.4 Å². The lowest BCUT2D eigenvalue weighted by molar-refractivity contribution is -0.156. The Bertz CT molecular complexity index is 1030. The minimum absolute atomic E-state index is 0.180. The Morgan fingerprint density at radius 3 is 2.68 bits per heavy atom. The zero-order valence-electron chi connectivity index (χ0n) is 22.3. The van der Waals surface area contributed by atoms with Crippen molar-refractivity contribution in [2.75, 3.05) is 26.3 Å². The van der Waals surface area contributed by atoms with Crippen molar-refractivity contribution in [3.05, 3.63) is 61.2 Å². The van der Waals surface area contributed by atoms with Crippen LogP contribution in [0.25, 0.3) is 0 Å². The number of esters is 1. The summed E-state index contributed by atoms with van der Waals surface area (Å²) in [6.07, 6.45) is 7.26. The van der Waals surface area contributed by atoms with E-state index in [1.165, 1.54) is 4.90 Å². The Morgan fingerprint density at radius 2 is 2.03 bits per heavy atom. The molecular formula is C30H40N2O6. The topological polar surface area (TPSA) is 96.4 Å². The van der Waals surface area contributed by atoms with Crippen LogP contribution >= 0.6 is 0 Å². The van der Waals surface area contributed by atoms with Crippen LogP contribution in [0, 0.1) is 11.8 Å². The molecule has 2 unspecified atom stereocenters. The molecule has 1 spiro atoms. The lowest BCUT2D eigenvalue weighted by Crippen LogP contribution is -2.57. The molecule has 38 heavy (non-hydrogen) atoms. The monoisotopic (exact) mass is 524 g/mol. The molecule has 2 amide bonds. The van der Waals surface area contributed by atoms with Gasteiger partial charge >= 0.3 is 5.97 Å². The molecule has 0 radical (unpaired) electrons. The minimum atomic E-state index is -1.15. The number of hydrogen-bond donors (Lipinski definition) is 1. The highest BCUT2D eigenvalue weighted by molar-refractivity contribution is 5.98. The van der Waals surface area contributed by atoms with Crippen molar-refractivity contribution < 1.29 is 29.0 Å². The summed E-state index contributed by atoms with van der Waals surface area (Å²) >= 11 is 0. The molecule has 0 aromatic heterocycles. The number of fused-ring (bicyclic) bond motifs is 1. The van der Waals surface area contributed by atoms with E-state index in [9.17, 15) is 19.5 Å². The molecule has 0 saturated carbocycles. The third-order valence-electron chi connectivity index (χ3n) is 8.20. The van der Waals surface area contributed by atoms with Crippen LogP contribution < -0.4 is 0 Å². The van der Waals surface area contributed by atoms with Gasteiger partial charge in [-0.05, 0) is 31.2 Å². The van der Waals surface area contributed by atoms with Gasteiger partial charge in [0.2, 0.25) is 11.8 Å². The largest absolute Gasteiger partial charge is 0.465 e. The number of hydrogen-bond acceptors (Lipinski definition) is 6. The van der Waals surface area contributed by atoms with Gasteiger partial charge < -0.3 is 24.4 Å². The van der Waals surface area contributed by atoms with Crippen molar-refractivity contribution in [2.24, 2.45) is 11.8 Å². The van der Waals surface area contributed by atoms with Crippen molar-refractivity contribution in [3.63, 3.8) is 0 Å². The summed E-state index contributed by atoms with van der Waals surface area (Å²) in [6, 6.07) is 7.50. The molecule has 206 valence electrons. The number of nitrogens with zero attached hydrogens (tertiary/aromatic N) is 2. The molecule has 1 aromatic rings. The summed E-state index contributed by atoms with van der Waals surface area (Å²) in [6.45, 7) is 10.3. The van der Waals surface area contributed by atoms with E-state index in [0.29, 0.717) is 32.4 Å².